The Balaban J connectivity index is 1.74. The minimum absolute atomic E-state index is 0.0894. The molecule has 1 aliphatic rings. The second kappa shape index (κ2) is 12.9. The molecule has 2 amide bonds. The maximum Gasteiger partial charge on any atom is 0.389 e. The van der Waals surface area contributed by atoms with Crippen LogP contribution in [-0.4, -0.2) is 41.7 Å². The monoisotopic (exact) mass is 600 g/mol. The van der Waals surface area contributed by atoms with E-state index in [0.29, 0.717) is 5.69 Å². The largest absolute Gasteiger partial charge is 0.481 e. The van der Waals surface area contributed by atoms with Gasteiger partial charge in [-0.15, -0.1) is 0 Å². The smallest absolute Gasteiger partial charge is 0.389 e. The number of nitriles is 1. The summed E-state index contributed by atoms with van der Waals surface area (Å²) in [5, 5.41) is 24.1. The molecule has 0 bridgehead atoms. The van der Waals surface area contributed by atoms with Gasteiger partial charge in [0.25, 0.3) is 6.43 Å². The Kier molecular flexibility index (Phi) is 9.28. The Morgan fingerprint density at radius 1 is 1.07 bits per heavy atom. The second-order valence-corrected chi connectivity index (χ2v) is 9.85. The summed E-state index contributed by atoms with van der Waals surface area (Å²) in [4.78, 5) is 40.6. The SMILES string of the molecule is N#Cc1cccc(N2CC(NC(=O)[C@H](CCC(F)(F)F)[C@@H](C(=O)O)c3ccccc3)C(=O)Nc3c(C(F)F)cccc32)c1. The van der Waals surface area contributed by atoms with Crippen LogP contribution in [0.3, 0.4) is 0 Å². The van der Waals surface area contributed by atoms with Crippen LogP contribution in [0, 0.1) is 17.2 Å². The summed E-state index contributed by atoms with van der Waals surface area (Å²) >= 11 is 0. The topological polar surface area (TPSA) is 123 Å². The number of anilines is 3. The predicted octanol–water partition coefficient (Wildman–Crippen LogP) is 5.90. The van der Waals surface area contributed by atoms with Crippen molar-refractivity contribution in [1.82, 2.24) is 5.32 Å². The average molecular weight is 601 g/mol. The number of halogens is 5. The fourth-order valence-corrected chi connectivity index (χ4v) is 5.03. The van der Waals surface area contributed by atoms with Gasteiger partial charge >= 0.3 is 12.1 Å². The van der Waals surface area contributed by atoms with Crippen molar-refractivity contribution in [2.24, 2.45) is 5.92 Å². The van der Waals surface area contributed by atoms with E-state index in [2.05, 4.69) is 10.6 Å². The summed E-state index contributed by atoms with van der Waals surface area (Å²) < 4.78 is 67.6. The summed E-state index contributed by atoms with van der Waals surface area (Å²) in [6, 6.07) is 17.6. The molecule has 0 fully saturated rings. The lowest BCUT2D eigenvalue weighted by Crippen LogP contribution is -2.51. The lowest BCUT2D eigenvalue weighted by Gasteiger charge is -2.29. The number of hydrogen-bond donors (Lipinski definition) is 3. The van der Waals surface area contributed by atoms with Crippen molar-refractivity contribution in [2.45, 2.75) is 37.4 Å². The van der Waals surface area contributed by atoms with Crippen molar-refractivity contribution in [3.05, 3.63) is 89.5 Å². The van der Waals surface area contributed by atoms with Gasteiger partial charge in [0, 0.05) is 17.7 Å². The number of alkyl halides is 5. The first kappa shape index (κ1) is 31.0. The van der Waals surface area contributed by atoms with E-state index in [0.717, 1.165) is 6.07 Å². The van der Waals surface area contributed by atoms with Gasteiger partial charge in [0.15, 0.2) is 0 Å². The molecule has 3 aromatic rings. The number of rotatable bonds is 9. The van der Waals surface area contributed by atoms with Gasteiger partial charge in [-0.25, -0.2) is 8.78 Å². The van der Waals surface area contributed by atoms with Crippen LogP contribution >= 0.6 is 0 Å². The third kappa shape index (κ3) is 7.27. The molecule has 0 spiro atoms. The predicted molar refractivity (Wildman–Crippen MR) is 146 cm³/mol. The molecule has 224 valence electrons. The molecule has 1 heterocycles. The second-order valence-electron chi connectivity index (χ2n) is 9.85. The Labute approximate surface area is 242 Å². The number of nitrogens with one attached hydrogen (secondary N) is 2. The van der Waals surface area contributed by atoms with Crippen molar-refractivity contribution >= 4 is 34.8 Å². The van der Waals surface area contributed by atoms with Gasteiger partial charge in [0.1, 0.15) is 6.04 Å². The summed E-state index contributed by atoms with van der Waals surface area (Å²) in [6.45, 7) is -0.374. The van der Waals surface area contributed by atoms with E-state index in [9.17, 15) is 46.7 Å². The maximum atomic E-state index is 14.0. The summed E-state index contributed by atoms with van der Waals surface area (Å²) in [5.74, 6) is -7.03. The number of amides is 2. The molecule has 3 aromatic carbocycles. The quantitative estimate of drug-likeness (QED) is 0.263. The van der Waals surface area contributed by atoms with Crippen molar-refractivity contribution in [1.29, 1.82) is 5.26 Å². The van der Waals surface area contributed by atoms with Crippen LogP contribution in [-0.2, 0) is 14.4 Å². The van der Waals surface area contributed by atoms with Gasteiger partial charge in [-0.1, -0.05) is 48.5 Å². The number of benzene rings is 3. The molecule has 4 rings (SSSR count). The van der Waals surface area contributed by atoms with Crippen LogP contribution in [0.4, 0.5) is 39.0 Å². The van der Waals surface area contributed by atoms with E-state index >= 15 is 0 Å². The molecule has 0 saturated carbocycles. The maximum absolute atomic E-state index is 14.0. The Hall–Kier alpha value is -4.99. The summed E-state index contributed by atoms with van der Waals surface area (Å²) in [7, 11) is 0. The van der Waals surface area contributed by atoms with Crippen LogP contribution in [0.1, 0.15) is 41.9 Å². The highest BCUT2D eigenvalue weighted by molar-refractivity contribution is 6.03. The number of carboxylic acid groups (broad SMARTS) is 1. The standard InChI is InChI=1S/C30H25F5N4O4/c31-26(32)21-10-5-11-23-25(21)38-28(41)22(16-39(23)19-9-4-6-17(14-19)15-36)37-27(40)20(12-13-30(33,34)35)24(29(42)43)18-7-2-1-3-8-18/h1-11,14,20,22,24,26H,12-13,16H2,(H,37,40)(H,38,41)(H,42,43)/t20-,22?,24+/m1/s1. The third-order valence-corrected chi connectivity index (χ3v) is 7.04. The van der Waals surface area contributed by atoms with E-state index in [1.54, 1.807) is 12.1 Å². The zero-order chi connectivity index (χ0) is 31.3. The molecule has 0 saturated heterocycles. The van der Waals surface area contributed by atoms with Gasteiger partial charge in [0.2, 0.25) is 11.8 Å². The normalized spacial score (nSPS) is 16.3. The van der Waals surface area contributed by atoms with Gasteiger partial charge in [0.05, 0.1) is 41.4 Å². The number of aliphatic carboxylic acids is 1. The molecule has 43 heavy (non-hydrogen) atoms. The molecule has 0 radical (unpaired) electrons. The molecule has 3 atom stereocenters. The number of carbonyl (C=O) groups is 3. The fourth-order valence-electron chi connectivity index (χ4n) is 5.03. The number of para-hydroxylation sites is 1. The molecule has 13 heteroatoms. The van der Waals surface area contributed by atoms with Crippen LogP contribution in [0.5, 0.6) is 0 Å². The first-order chi connectivity index (χ1) is 20.4. The van der Waals surface area contributed by atoms with E-state index < -0.39 is 66.7 Å². The fraction of sp³-hybridized carbons (Fsp3) is 0.267. The molecule has 1 unspecified atom stereocenters. The highest BCUT2D eigenvalue weighted by Gasteiger charge is 2.41. The zero-order valence-corrected chi connectivity index (χ0v) is 22.3. The first-order valence-electron chi connectivity index (χ1n) is 13.0. The average Bonchev–Trinajstić information content (AvgIpc) is 3.10. The molecule has 0 aromatic heterocycles. The van der Waals surface area contributed by atoms with Crippen LogP contribution in [0.2, 0.25) is 0 Å². The molecule has 8 nitrogen and oxygen atoms in total. The molecule has 0 aliphatic carbocycles. The Morgan fingerprint density at radius 3 is 2.40 bits per heavy atom. The number of hydrogen-bond acceptors (Lipinski definition) is 5. The number of carboxylic acids is 1. The summed E-state index contributed by atoms with van der Waals surface area (Å²) in [5.41, 5.74) is -0.0255. The highest BCUT2D eigenvalue weighted by Crippen LogP contribution is 2.41. The van der Waals surface area contributed by atoms with Crippen molar-refractivity contribution in [2.75, 3.05) is 16.8 Å². The van der Waals surface area contributed by atoms with Gasteiger partial charge < -0.3 is 20.6 Å². The van der Waals surface area contributed by atoms with Crippen LogP contribution < -0.4 is 15.5 Å². The zero-order valence-electron chi connectivity index (χ0n) is 22.3. The van der Waals surface area contributed by atoms with Gasteiger partial charge in [-0.2, -0.15) is 18.4 Å². The van der Waals surface area contributed by atoms with Gasteiger partial charge in [-0.05, 0) is 36.2 Å². The van der Waals surface area contributed by atoms with Gasteiger partial charge in [-0.3, -0.25) is 14.4 Å². The Morgan fingerprint density at radius 2 is 1.77 bits per heavy atom. The van der Waals surface area contributed by atoms with Crippen molar-refractivity contribution in [3.8, 4) is 6.07 Å². The lowest BCUT2D eigenvalue weighted by atomic mass is 9.82. The molecular formula is C30H25F5N4O4. The number of carbonyl (C=O) groups excluding carboxylic acids is 2. The number of fused-ring (bicyclic) bond motifs is 1. The van der Waals surface area contributed by atoms with E-state index in [4.69, 9.17) is 0 Å². The first-order valence-corrected chi connectivity index (χ1v) is 13.0. The van der Waals surface area contributed by atoms with Crippen LogP contribution in [0.25, 0.3) is 0 Å². The molecular weight excluding hydrogens is 575 g/mol. The molecule has 3 N–H and O–H groups in total. The Bertz CT molecular complexity index is 1540. The third-order valence-electron chi connectivity index (χ3n) is 7.04. The lowest BCUT2D eigenvalue weighted by molar-refractivity contribution is -0.150. The van der Waals surface area contributed by atoms with Crippen molar-refractivity contribution in [3.63, 3.8) is 0 Å². The number of nitrogens with zero attached hydrogens (tertiary/aromatic N) is 2. The molecule has 1 aliphatic heterocycles. The van der Waals surface area contributed by atoms with Crippen molar-refractivity contribution < 1.29 is 41.4 Å². The van der Waals surface area contributed by atoms with E-state index in [1.807, 2.05) is 6.07 Å². The van der Waals surface area contributed by atoms with E-state index in [1.165, 1.54) is 59.5 Å². The minimum Gasteiger partial charge on any atom is -0.481 e. The van der Waals surface area contributed by atoms with Crippen LogP contribution in [0.15, 0.2) is 72.8 Å². The van der Waals surface area contributed by atoms with E-state index in [-0.39, 0.29) is 29.0 Å². The highest BCUT2D eigenvalue weighted by atomic mass is 19.4. The summed E-state index contributed by atoms with van der Waals surface area (Å²) in [6.07, 6.45) is -10.1. The minimum atomic E-state index is -4.70.